The van der Waals surface area contributed by atoms with Crippen molar-refractivity contribution in [3.63, 3.8) is 0 Å². The summed E-state index contributed by atoms with van der Waals surface area (Å²) in [5.41, 5.74) is 1.69. The zero-order valence-electron chi connectivity index (χ0n) is 6.39. The standard InChI is InChI=1S/C9H11N/c1-5-9(6-2)7-10-8(3)4/h1,6-7H,2H2,3-4H3/b9-7-. The zero-order valence-corrected chi connectivity index (χ0v) is 6.39. The van der Waals surface area contributed by atoms with Gasteiger partial charge in [-0.3, -0.25) is 4.99 Å². The summed E-state index contributed by atoms with van der Waals surface area (Å²) < 4.78 is 0. The van der Waals surface area contributed by atoms with E-state index in [0.717, 1.165) is 5.71 Å². The van der Waals surface area contributed by atoms with Gasteiger partial charge in [0.2, 0.25) is 0 Å². The largest absolute Gasteiger partial charge is 0.265 e. The Morgan fingerprint density at radius 2 is 2.20 bits per heavy atom. The van der Waals surface area contributed by atoms with Crippen LogP contribution in [0, 0.1) is 12.3 Å². The first-order valence-electron chi connectivity index (χ1n) is 3.01. The molecule has 1 heteroatoms. The number of hydrogen-bond acceptors (Lipinski definition) is 1. The normalized spacial score (nSPS) is 9.90. The number of rotatable bonds is 2. The lowest BCUT2D eigenvalue weighted by Crippen LogP contribution is -1.77. The highest BCUT2D eigenvalue weighted by atomic mass is 14.7. The Bertz CT molecular complexity index is 209. The first-order chi connectivity index (χ1) is 4.70. The van der Waals surface area contributed by atoms with Gasteiger partial charge in [0.1, 0.15) is 0 Å². The highest BCUT2D eigenvalue weighted by Crippen LogP contribution is 1.92. The third kappa shape index (κ3) is 3.68. The van der Waals surface area contributed by atoms with Gasteiger partial charge in [-0.05, 0) is 13.8 Å². The van der Waals surface area contributed by atoms with Crippen LogP contribution in [0.2, 0.25) is 0 Å². The van der Waals surface area contributed by atoms with Gasteiger partial charge in [0, 0.05) is 17.5 Å². The number of hydrogen-bond donors (Lipinski definition) is 0. The first kappa shape index (κ1) is 8.71. The van der Waals surface area contributed by atoms with Gasteiger partial charge in [-0.1, -0.05) is 18.6 Å². The topological polar surface area (TPSA) is 12.4 Å². The van der Waals surface area contributed by atoms with E-state index in [2.05, 4.69) is 17.5 Å². The summed E-state index contributed by atoms with van der Waals surface area (Å²) >= 11 is 0. The molecule has 52 valence electrons. The number of allylic oxidation sites excluding steroid dienone is 2. The van der Waals surface area contributed by atoms with E-state index in [-0.39, 0.29) is 0 Å². The molecule has 0 bridgehead atoms. The van der Waals surface area contributed by atoms with Crippen LogP contribution in [0.4, 0.5) is 0 Å². The van der Waals surface area contributed by atoms with Crippen molar-refractivity contribution in [1.29, 1.82) is 0 Å². The summed E-state index contributed by atoms with van der Waals surface area (Å²) in [5, 5.41) is 0. The Hall–Kier alpha value is -1.29. The second-order valence-electron chi connectivity index (χ2n) is 2.01. The Balaban J connectivity index is 4.31. The van der Waals surface area contributed by atoms with E-state index < -0.39 is 0 Å². The van der Waals surface area contributed by atoms with E-state index in [9.17, 15) is 0 Å². The van der Waals surface area contributed by atoms with Gasteiger partial charge in [-0.2, -0.15) is 0 Å². The molecule has 1 nitrogen and oxygen atoms in total. The molecule has 0 aliphatic rings. The first-order valence-corrected chi connectivity index (χ1v) is 3.01. The molecule has 0 fully saturated rings. The van der Waals surface area contributed by atoms with Crippen molar-refractivity contribution in [3.8, 4) is 12.3 Å². The SMILES string of the molecule is C#C/C(C=C)=C/N=C(C)C. The molecular weight excluding hydrogens is 122 g/mol. The van der Waals surface area contributed by atoms with Crippen molar-refractivity contribution in [2.45, 2.75) is 13.8 Å². The third-order valence-electron chi connectivity index (χ3n) is 0.848. The fourth-order valence-electron chi connectivity index (χ4n) is 0.348. The summed E-state index contributed by atoms with van der Waals surface area (Å²) in [6.07, 6.45) is 8.34. The van der Waals surface area contributed by atoms with Crippen molar-refractivity contribution in [3.05, 3.63) is 24.4 Å². The number of aliphatic imine (C=N–C) groups is 1. The Labute approximate surface area is 62.2 Å². The van der Waals surface area contributed by atoms with Gasteiger partial charge < -0.3 is 0 Å². The molecule has 0 aliphatic heterocycles. The van der Waals surface area contributed by atoms with Crippen molar-refractivity contribution in [2.24, 2.45) is 4.99 Å². The molecule has 0 heterocycles. The van der Waals surface area contributed by atoms with Crippen LogP contribution in [0.1, 0.15) is 13.8 Å². The van der Waals surface area contributed by atoms with Crippen LogP contribution in [0.25, 0.3) is 0 Å². The predicted molar refractivity (Wildman–Crippen MR) is 45.9 cm³/mol. The molecule has 0 saturated carbocycles. The summed E-state index contributed by atoms with van der Waals surface area (Å²) in [6.45, 7) is 7.35. The van der Waals surface area contributed by atoms with E-state index in [0.29, 0.717) is 5.57 Å². The maximum absolute atomic E-state index is 5.11. The minimum atomic E-state index is 0.709. The molecular formula is C9H11N. The molecule has 0 atom stereocenters. The van der Waals surface area contributed by atoms with Gasteiger partial charge in [-0.25, -0.2) is 0 Å². The van der Waals surface area contributed by atoms with E-state index in [1.807, 2.05) is 13.8 Å². The lowest BCUT2D eigenvalue weighted by atomic mass is 10.3. The predicted octanol–water partition coefficient (Wildman–Crippen LogP) is 2.17. The molecule has 0 spiro atoms. The smallest absolute Gasteiger partial charge is 0.0423 e. The van der Waals surface area contributed by atoms with Gasteiger partial charge in [0.25, 0.3) is 0 Å². The molecule has 0 rings (SSSR count). The fourth-order valence-corrected chi connectivity index (χ4v) is 0.348. The van der Waals surface area contributed by atoms with Crippen LogP contribution in [0.3, 0.4) is 0 Å². The van der Waals surface area contributed by atoms with Crippen LogP contribution in [-0.2, 0) is 0 Å². The molecule has 0 saturated heterocycles. The van der Waals surface area contributed by atoms with E-state index in [4.69, 9.17) is 6.42 Å². The molecule has 0 aromatic heterocycles. The molecule has 10 heavy (non-hydrogen) atoms. The monoisotopic (exact) mass is 133 g/mol. The van der Waals surface area contributed by atoms with E-state index >= 15 is 0 Å². The van der Waals surface area contributed by atoms with Gasteiger partial charge in [-0.15, -0.1) is 6.42 Å². The third-order valence-corrected chi connectivity index (χ3v) is 0.848. The van der Waals surface area contributed by atoms with Crippen LogP contribution < -0.4 is 0 Å². The molecule has 0 radical (unpaired) electrons. The Morgan fingerprint density at radius 3 is 2.50 bits per heavy atom. The van der Waals surface area contributed by atoms with Gasteiger partial charge in [0.15, 0.2) is 0 Å². The molecule has 0 aliphatic carbocycles. The van der Waals surface area contributed by atoms with E-state index in [1.165, 1.54) is 0 Å². The molecule has 0 aromatic rings. The van der Waals surface area contributed by atoms with E-state index in [1.54, 1.807) is 12.3 Å². The minimum Gasteiger partial charge on any atom is -0.265 e. The number of terminal acetylenes is 1. The Kier molecular flexibility index (Phi) is 3.99. The summed E-state index contributed by atoms with van der Waals surface area (Å²) in [5.74, 6) is 2.44. The lowest BCUT2D eigenvalue weighted by Gasteiger charge is -1.85. The highest BCUT2D eigenvalue weighted by Gasteiger charge is 1.79. The zero-order chi connectivity index (χ0) is 7.98. The van der Waals surface area contributed by atoms with Crippen LogP contribution >= 0.6 is 0 Å². The van der Waals surface area contributed by atoms with Crippen molar-refractivity contribution >= 4 is 5.71 Å². The average Bonchev–Trinajstić information content (AvgIpc) is 1.90. The summed E-state index contributed by atoms with van der Waals surface area (Å²) in [7, 11) is 0. The molecule has 0 aromatic carbocycles. The van der Waals surface area contributed by atoms with Crippen LogP contribution in [0.15, 0.2) is 29.4 Å². The minimum absolute atomic E-state index is 0.709. The van der Waals surface area contributed by atoms with Crippen LogP contribution in [0.5, 0.6) is 0 Å². The summed E-state index contributed by atoms with van der Waals surface area (Å²) in [6, 6.07) is 0. The second-order valence-corrected chi connectivity index (χ2v) is 2.01. The maximum Gasteiger partial charge on any atom is 0.0423 e. The quantitative estimate of drug-likeness (QED) is 0.311. The van der Waals surface area contributed by atoms with Crippen molar-refractivity contribution in [1.82, 2.24) is 0 Å². The average molecular weight is 133 g/mol. The summed E-state index contributed by atoms with van der Waals surface area (Å²) in [4.78, 5) is 4.01. The molecule has 0 amide bonds. The Morgan fingerprint density at radius 1 is 1.60 bits per heavy atom. The van der Waals surface area contributed by atoms with Crippen molar-refractivity contribution < 1.29 is 0 Å². The van der Waals surface area contributed by atoms with Gasteiger partial charge in [0.05, 0.1) is 0 Å². The lowest BCUT2D eigenvalue weighted by molar-refractivity contribution is 1.47. The maximum atomic E-state index is 5.11. The van der Waals surface area contributed by atoms with Crippen molar-refractivity contribution in [2.75, 3.05) is 0 Å². The van der Waals surface area contributed by atoms with Gasteiger partial charge >= 0.3 is 0 Å². The molecule has 0 unspecified atom stereocenters. The highest BCUT2D eigenvalue weighted by molar-refractivity contribution is 5.79. The van der Waals surface area contributed by atoms with Crippen LogP contribution in [-0.4, -0.2) is 5.71 Å². The fraction of sp³-hybridized carbons (Fsp3) is 0.222. The molecule has 0 N–H and O–H groups in total. The second kappa shape index (κ2) is 4.58. The number of nitrogens with zero attached hydrogens (tertiary/aromatic N) is 1.